The molecule has 0 bridgehead atoms. The lowest BCUT2D eigenvalue weighted by atomic mass is 11.5. The number of carbonyl (C=O) groups excluding carboxylic acids is 1. The molecule has 20 valence electrons. The zero-order valence-electron chi connectivity index (χ0n) is 1.88. The molecule has 0 aromatic carbocycles. The van der Waals surface area contributed by atoms with Crippen molar-refractivity contribution < 1.29 is 4.79 Å². The van der Waals surface area contributed by atoms with Gasteiger partial charge in [0, 0.05) is 0 Å². The summed E-state index contributed by atoms with van der Waals surface area (Å²) >= 11 is 0. The van der Waals surface area contributed by atoms with Crippen LogP contribution < -0.4 is 0 Å². The highest BCUT2D eigenvalue weighted by molar-refractivity contribution is 5.57. The minimum absolute atomic E-state index is 0.0556. The Morgan fingerprint density at radius 2 is 2.25 bits per heavy atom. The predicted molar refractivity (Wildman–Crippen MR) is 11.1 cm³/mol. The molecule has 3 nitrogen and oxygen atoms in total. The maximum absolute atomic E-state index is 8.76. The first-order chi connectivity index (χ1) is 1.91. The average molecular weight is 57.0 g/mol. The summed E-state index contributed by atoms with van der Waals surface area (Å²) in [5.41, 5.74) is 0. The molecule has 0 aliphatic rings. The standard InChI is InChI=1S/CHN2O/c2-3-1-4/h1H/q+1. The Morgan fingerprint density at radius 3 is 2.25 bits per heavy atom. The van der Waals surface area contributed by atoms with Gasteiger partial charge in [0.05, 0.1) is 0 Å². The van der Waals surface area contributed by atoms with E-state index >= 15 is 0 Å². The van der Waals surface area contributed by atoms with Crippen molar-refractivity contribution in [1.82, 2.24) is 0 Å². The molecule has 4 heavy (non-hydrogen) atoms. The van der Waals surface area contributed by atoms with Crippen LogP contribution in [0.2, 0.25) is 0 Å². The van der Waals surface area contributed by atoms with E-state index in [1.165, 1.54) is 0 Å². The van der Waals surface area contributed by atoms with E-state index in [0.29, 0.717) is 0 Å². The second kappa shape index (κ2) is 2.09. The van der Waals surface area contributed by atoms with Crippen LogP contribution in [0.5, 0.6) is 0 Å². The number of amides is 1. The molecule has 0 spiro atoms. The van der Waals surface area contributed by atoms with E-state index in [4.69, 9.17) is 10.2 Å². The van der Waals surface area contributed by atoms with Crippen molar-refractivity contribution >= 4 is 6.41 Å². The minimum atomic E-state index is 0.0556. The molecule has 0 saturated carbocycles. The van der Waals surface area contributed by atoms with Crippen LogP contribution in [0.1, 0.15) is 0 Å². The van der Waals surface area contributed by atoms with Gasteiger partial charge in [0.25, 0.3) is 0 Å². The highest BCUT2D eigenvalue weighted by Gasteiger charge is 1.65. The summed E-state index contributed by atoms with van der Waals surface area (Å²) in [6.45, 7) is 0. The lowest BCUT2D eigenvalue weighted by Crippen LogP contribution is -1.38. The molecule has 1 amide bonds. The van der Waals surface area contributed by atoms with E-state index in [1.807, 2.05) is 0 Å². The van der Waals surface area contributed by atoms with Crippen molar-refractivity contribution in [2.24, 2.45) is 0 Å². The Hall–Kier alpha value is -0.910. The summed E-state index contributed by atoms with van der Waals surface area (Å²) in [5, 5.41) is 7.13. The largest absolute Gasteiger partial charge is 0.549 e. The first-order valence-electron chi connectivity index (χ1n) is 0.694. The number of diazo groups is 1. The van der Waals surface area contributed by atoms with Crippen LogP contribution >= 0.6 is 0 Å². The van der Waals surface area contributed by atoms with Crippen molar-refractivity contribution in [1.29, 1.82) is 5.39 Å². The fraction of sp³-hybridized carbons (Fsp3) is 0. The molecule has 0 radical (unpaired) electrons. The summed E-state index contributed by atoms with van der Waals surface area (Å²) in [4.78, 5) is 10.8. The summed E-state index contributed by atoms with van der Waals surface area (Å²) < 4.78 is 0. The van der Waals surface area contributed by atoms with E-state index in [1.54, 1.807) is 0 Å². The first kappa shape index (κ1) is 3.09. The Morgan fingerprint density at radius 1 is 2.00 bits per heavy atom. The second-order valence-corrected chi connectivity index (χ2v) is 0.221. The monoisotopic (exact) mass is 57.0 g/mol. The molecule has 0 fully saturated rings. The lowest BCUT2D eigenvalue weighted by molar-refractivity contribution is -0.104. The Balaban J connectivity index is 2.92. The van der Waals surface area contributed by atoms with Gasteiger partial charge in [0.1, 0.15) is 0 Å². The number of hydrogen-bond acceptors (Lipinski definition) is 2. The molecular formula is CHN2O+. The zero-order valence-corrected chi connectivity index (χ0v) is 1.88. The van der Waals surface area contributed by atoms with Gasteiger partial charge < -0.3 is 0 Å². The summed E-state index contributed by atoms with van der Waals surface area (Å²) in [5.74, 6) is 0. The van der Waals surface area contributed by atoms with Crippen LogP contribution in [0.15, 0.2) is 0 Å². The fourth-order valence-electron chi connectivity index (χ4n) is 0. The van der Waals surface area contributed by atoms with Crippen molar-refractivity contribution in [2.45, 2.75) is 0 Å². The van der Waals surface area contributed by atoms with E-state index in [-0.39, 0.29) is 6.41 Å². The third-order valence-corrected chi connectivity index (χ3v) is 0.0471. The number of rotatable bonds is 0. The van der Waals surface area contributed by atoms with Gasteiger partial charge in [0.15, 0.2) is 0 Å². The van der Waals surface area contributed by atoms with Gasteiger partial charge in [-0.05, 0) is 0 Å². The smallest absolute Gasteiger partial charge is 0.200 e. The highest BCUT2D eigenvalue weighted by atomic mass is 16.1. The number of carbonyl (C=O) groups is 1. The number of nitrogens with zero attached hydrogens (tertiary/aromatic N) is 2. The van der Waals surface area contributed by atoms with E-state index < -0.39 is 0 Å². The lowest BCUT2D eigenvalue weighted by Gasteiger charge is -1.05. The van der Waals surface area contributed by atoms with Crippen LogP contribution in [-0.2, 0) is 4.79 Å². The van der Waals surface area contributed by atoms with Crippen LogP contribution in [0, 0.1) is 5.39 Å². The fourth-order valence-corrected chi connectivity index (χ4v) is 0. The molecule has 0 N–H and O–H groups in total. The van der Waals surface area contributed by atoms with Crippen LogP contribution in [0.3, 0.4) is 0 Å². The molecule has 0 unspecified atom stereocenters. The third-order valence-electron chi connectivity index (χ3n) is 0.0471. The van der Waals surface area contributed by atoms with Crippen LogP contribution in [0.25, 0.3) is 4.98 Å². The molecule has 0 rings (SSSR count). The van der Waals surface area contributed by atoms with Gasteiger partial charge in [-0.1, -0.05) is 0 Å². The van der Waals surface area contributed by atoms with Crippen molar-refractivity contribution in [2.75, 3.05) is 0 Å². The topological polar surface area (TPSA) is 45.2 Å². The molecule has 0 atom stereocenters. The minimum Gasteiger partial charge on any atom is -0.200 e. The molecule has 0 aromatic rings. The SMILES string of the molecule is N#[N+]C=O. The van der Waals surface area contributed by atoms with Gasteiger partial charge in [-0.2, -0.15) is 4.79 Å². The molecular weight excluding hydrogens is 56.0 g/mol. The summed E-state index contributed by atoms with van der Waals surface area (Å²) in [7, 11) is 0. The zero-order chi connectivity index (χ0) is 3.41. The molecule has 0 heterocycles. The average Bonchev–Trinajstić information content (AvgIpc) is 1.37. The van der Waals surface area contributed by atoms with Gasteiger partial charge >= 0.3 is 6.41 Å². The summed E-state index contributed by atoms with van der Waals surface area (Å²) in [6.07, 6.45) is 0.0556. The Labute approximate surface area is 22.9 Å². The molecule has 3 heteroatoms. The molecule has 0 aliphatic carbocycles. The molecule has 0 aliphatic heterocycles. The molecule has 0 aromatic heterocycles. The van der Waals surface area contributed by atoms with Gasteiger partial charge in [0.2, 0.25) is 10.4 Å². The van der Waals surface area contributed by atoms with E-state index in [2.05, 4.69) is 4.98 Å². The third kappa shape index (κ3) is 1.09. The van der Waals surface area contributed by atoms with Gasteiger partial charge in [-0.15, -0.1) is 0 Å². The highest BCUT2D eigenvalue weighted by Crippen LogP contribution is 1.33. The van der Waals surface area contributed by atoms with E-state index in [0.717, 1.165) is 0 Å². The van der Waals surface area contributed by atoms with Gasteiger partial charge in [-0.3, -0.25) is 0 Å². The summed E-state index contributed by atoms with van der Waals surface area (Å²) in [6, 6.07) is 0. The first-order valence-corrected chi connectivity index (χ1v) is 0.694. The second-order valence-electron chi connectivity index (χ2n) is 0.221. The predicted octanol–water partition coefficient (Wildman–Crippen LogP) is -0.00412. The maximum atomic E-state index is 8.76. The van der Waals surface area contributed by atoms with Crippen LogP contribution in [-0.4, -0.2) is 6.41 Å². The Bertz CT molecular complexity index is 51.5. The normalized spacial score (nSPS) is 3.75. The van der Waals surface area contributed by atoms with Crippen molar-refractivity contribution in [3.05, 3.63) is 4.98 Å². The quantitative estimate of drug-likeness (QED) is 0.290. The number of hydrogen-bond donors (Lipinski definition) is 0. The maximum Gasteiger partial charge on any atom is 0.549 e. The molecule has 0 saturated heterocycles. The van der Waals surface area contributed by atoms with Gasteiger partial charge in [-0.25, -0.2) is 0 Å². The van der Waals surface area contributed by atoms with E-state index in [9.17, 15) is 0 Å². The van der Waals surface area contributed by atoms with Crippen molar-refractivity contribution in [3.8, 4) is 0 Å². The Kier molecular flexibility index (Phi) is 1.61. The van der Waals surface area contributed by atoms with Crippen molar-refractivity contribution in [3.63, 3.8) is 0 Å². The van der Waals surface area contributed by atoms with Crippen LogP contribution in [0.4, 0.5) is 0 Å².